The third-order valence-electron chi connectivity index (χ3n) is 6.12. The number of carbonyl (C=O) groups is 5. The zero-order chi connectivity index (χ0) is 31.7. The van der Waals surface area contributed by atoms with Gasteiger partial charge in [0.05, 0.1) is 6.42 Å². The molecule has 0 spiro atoms. The summed E-state index contributed by atoms with van der Waals surface area (Å²) in [7, 11) is 0. The molecule has 1 unspecified atom stereocenters. The summed E-state index contributed by atoms with van der Waals surface area (Å²) < 4.78 is 16.1. The van der Waals surface area contributed by atoms with Gasteiger partial charge in [0.25, 0.3) is 5.89 Å². The van der Waals surface area contributed by atoms with Crippen molar-refractivity contribution in [2.75, 3.05) is 0 Å². The molecule has 12 heteroatoms. The molecule has 3 amide bonds. The zero-order valence-electron chi connectivity index (χ0n) is 25.1. The van der Waals surface area contributed by atoms with Crippen LogP contribution in [0.4, 0.5) is 4.79 Å². The molecule has 230 valence electrons. The predicted octanol–water partition coefficient (Wildman–Crippen LogP) is 3.68. The van der Waals surface area contributed by atoms with Crippen LogP contribution in [0.25, 0.3) is 11.1 Å². The second-order valence-electron chi connectivity index (χ2n) is 11.4. The molecule has 0 fully saturated rings. The lowest BCUT2D eigenvalue weighted by Gasteiger charge is -2.25. The molecular formula is C31H38N4O8. The molecule has 0 aliphatic rings. The first-order valence-corrected chi connectivity index (χ1v) is 13.9. The van der Waals surface area contributed by atoms with Crippen LogP contribution in [0.2, 0.25) is 0 Å². The first-order valence-electron chi connectivity index (χ1n) is 13.9. The van der Waals surface area contributed by atoms with Gasteiger partial charge in [0.2, 0.25) is 17.6 Å². The fourth-order valence-corrected chi connectivity index (χ4v) is 3.98. The monoisotopic (exact) mass is 594 g/mol. The van der Waals surface area contributed by atoms with Crippen molar-refractivity contribution in [2.24, 2.45) is 5.92 Å². The van der Waals surface area contributed by atoms with Gasteiger partial charge in [-0.05, 0) is 51.3 Å². The number of ether oxygens (including phenoxy) is 2. The number of carbonyl (C=O) groups excluding carboxylic acids is 5. The predicted molar refractivity (Wildman–Crippen MR) is 157 cm³/mol. The summed E-state index contributed by atoms with van der Waals surface area (Å²) in [6.07, 6.45) is -1.29. The number of nitrogens with one attached hydrogen (secondary N) is 3. The minimum Gasteiger partial charge on any atom is -0.460 e. The minimum absolute atomic E-state index is 0.0189. The van der Waals surface area contributed by atoms with E-state index >= 15 is 0 Å². The highest BCUT2D eigenvalue weighted by Gasteiger charge is 2.33. The largest absolute Gasteiger partial charge is 0.460 e. The summed E-state index contributed by atoms with van der Waals surface area (Å²) in [5.74, 6) is -3.48. The van der Waals surface area contributed by atoms with Crippen molar-refractivity contribution >= 4 is 40.8 Å². The molecule has 1 aromatic heterocycles. The highest BCUT2D eigenvalue weighted by Crippen LogP contribution is 2.18. The van der Waals surface area contributed by atoms with Gasteiger partial charge in [-0.1, -0.05) is 56.3 Å². The van der Waals surface area contributed by atoms with Crippen LogP contribution in [0.5, 0.6) is 0 Å². The molecule has 3 rings (SSSR count). The standard InChI is InChI=1S/C31H38N4O8/c1-18(2)25(35-30(40)41-17-20-12-8-7-9-13-20)28(39)32-19(3)27(38)33-22(16-24(36)43-31(4,5)6)26(37)29-34-21-14-10-11-15-23(21)42-29/h7-15,18-19,22,25H,16-17H2,1-6H3,(H,32,39)(H,33,38)(H,35,40)/t19-,22?,25-/m0/s1. The number of hydrogen-bond donors (Lipinski definition) is 3. The fourth-order valence-electron chi connectivity index (χ4n) is 3.98. The topological polar surface area (TPSA) is 166 Å². The van der Waals surface area contributed by atoms with E-state index in [0.29, 0.717) is 11.1 Å². The van der Waals surface area contributed by atoms with Gasteiger partial charge < -0.3 is 29.8 Å². The number of oxazole rings is 1. The Morgan fingerprint density at radius 3 is 2.14 bits per heavy atom. The van der Waals surface area contributed by atoms with Gasteiger partial charge in [0.15, 0.2) is 5.58 Å². The van der Waals surface area contributed by atoms with Crippen molar-refractivity contribution in [1.29, 1.82) is 0 Å². The van der Waals surface area contributed by atoms with Crippen molar-refractivity contribution in [1.82, 2.24) is 20.9 Å². The molecule has 0 aliphatic carbocycles. The summed E-state index contributed by atoms with van der Waals surface area (Å²) in [5.41, 5.74) is 0.753. The number of esters is 1. The van der Waals surface area contributed by atoms with E-state index in [-0.39, 0.29) is 18.4 Å². The maximum Gasteiger partial charge on any atom is 0.408 e. The molecule has 0 radical (unpaired) electrons. The number of hydrogen-bond acceptors (Lipinski definition) is 9. The van der Waals surface area contributed by atoms with Crippen LogP contribution >= 0.6 is 0 Å². The number of benzene rings is 2. The molecule has 3 N–H and O–H groups in total. The van der Waals surface area contributed by atoms with Gasteiger partial charge in [-0.25, -0.2) is 9.78 Å². The maximum absolute atomic E-state index is 13.4. The fraction of sp³-hybridized carbons (Fsp3) is 0.419. The molecule has 2 aromatic carbocycles. The molecule has 1 heterocycles. The van der Waals surface area contributed by atoms with Gasteiger partial charge >= 0.3 is 12.1 Å². The second-order valence-corrected chi connectivity index (χ2v) is 11.4. The molecular weight excluding hydrogens is 556 g/mol. The second kappa shape index (κ2) is 14.4. The number of amides is 3. The van der Waals surface area contributed by atoms with E-state index in [1.54, 1.807) is 71.0 Å². The lowest BCUT2D eigenvalue weighted by Crippen LogP contribution is -2.56. The van der Waals surface area contributed by atoms with Gasteiger partial charge in [0, 0.05) is 0 Å². The Morgan fingerprint density at radius 1 is 0.860 bits per heavy atom. The Kier molecular flexibility index (Phi) is 11.0. The van der Waals surface area contributed by atoms with E-state index in [4.69, 9.17) is 13.9 Å². The van der Waals surface area contributed by atoms with Crippen LogP contribution in [0.1, 0.15) is 64.2 Å². The van der Waals surface area contributed by atoms with Crippen molar-refractivity contribution in [2.45, 2.75) is 78.3 Å². The Hall–Kier alpha value is -4.74. The molecule has 0 saturated carbocycles. The van der Waals surface area contributed by atoms with E-state index in [2.05, 4.69) is 20.9 Å². The number of Topliss-reactive ketones (excluding diaryl/α,β-unsaturated/α-hetero) is 1. The summed E-state index contributed by atoms with van der Waals surface area (Å²) in [4.78, 5) is 68.7. The number of para-hydroxylation sites is 2. The number of ketones is 1. The summed E-state index contributed by atoms with van der Waals surface area (Å²) in [6.45, 7) is 9.91. The Balaban J connectivity index is 1.67. The van der Waals surface area contributed by atoms with E-state index in [0.717, 1.165) is 5.56 Å². The van der Waals surface area contributed by atoms with E-state index in [9.17, 15) is 24.0 Å². The molecule has 3 atom stereocenters. The normalized spacial score (nSPS) is 13.5. The average molecular weight is 595 g/mol. The smallest absolute Gasteiger partial charge is 0.408 e. The van der Waals surface area contributed by atoms with Crippen LogP contribution in [-0.4, -0.2) is 58.4 Å². The van der Waals surface area contributed by atoms with Crippen LogP contribution in [0, 0.1) is 5.92 Å². The first kappa shape index (κ1) is 32.8. The molecule has 3 aromatic rings. The van der Waals surface area contributed by atoms with Crippen LogP contribution < -0.4 is 16.0 Å². The Labute approximate surface area is 249 Å². The molecule has 43 heavy (non-hydrogen) atoms. The van der Waals surface area contributed by atoms with Crippen molar-refractivity contribution in [3.05, 3.63) is 66.1 Å². The van der Waals surface area contributed by atoms with Crippen LogP contribution in [0.15, 0.2) is 59.0 Å². The maximum atomic E-state index is 13.4. The highest BCUT2D eigenvalue weighted by atomic mass is 16.6. The Bertz CT molecular complexity index is 1410. The highest BCUT2D eigenvalue weighted by molar-refractivity contribution is 6.02. The number of nitrogens with zero attached hydrogens (tertiary/aromatic N) is 1. The van der Waals surface area contributed by atoms with Crippen LogP contribution in [-0.2, 0) is 30.5 Å². The van der Waals surface area contributed by atoms with Crippen molar-refractivity contribution in [3.63, 3.8) is 0 Å². The van der Waals surface area contributed by atoms with Gasteiger partial charge in [-0.3, -0.25) is 19.2 Å². The van der Waals surface area contributed by atoms with Crippen molar-refractivity contribution < 1.29 is 37.9 Å². The summed E-state index contributed by atoms with van der Waals surface area (Å²) in [5, 5.41) is 7.59. The quantitative estimate of drug-likeness (QED) is 0.209. The summed E-state index contributed by atoms with van der Waals surface area (Å²) >= 11 is 0. The summed E-state index contributed by atoms with van der Waals surface area (Å²) in [6, 6.07) is 12.2. The lowest BCUT2D eigenvalue weighted by molar-refractivity contribution is -0.155. The van der Waals surface area contributed by atoms with Gasteiger partial charge in [-0.2, -0.15) is 0 Å². The van der Waals surface area contributed by atoms with E-state index in [1.807, 2.05) is 18.2 Å². The van der Waals surface area contributed by atoms with Gasteiger partial charge in [-0.15, -0.1) is 0 Å². The average Bonchev–Trinajstić information content (AvgIpc) is 3.37. The minimum atomic E-state index is -1.39. The number of aromatic nitrogens is 1. The third kappa shape index (κ3) is 9.94. The first-order chi connectivity index (χ1) is 20.2. The van der Waals surface area contributed by atoms with E-state index in [1.165, 1.54) is 6.92 Å². The zero-order valence-corrected chi connectivity index (χ0v) is 25.1. The third-order valence-corrected chi connectivity index (χ3v) is 6.12. The number of fused-ring (bicyclic) bond motifs is 1. The SMILES string of the molecule is CC(C)[C@H](NC(=O)OCc1ccccc1)C(=O)N[C@@H](C)C(=O)NC(CC(=O)OC(C)(C)C)C(=O)c1nc2ccccc2o1. The number of rotatable bonds is 12. The lowest BCUT2D eigenvalue weighted by atomic mass is 10.0. The molecule has 12 nitrogen and oxygen atoms in total. The van der Waals surface area contributed by atoms with Gasteiger partial charge in [0.1, 0.15) is 35.9 Å². The molecule has 0 bridgehead atoms. The molecule has 0 aliphatic heterocycles. The Morgan fingerprint density at radius 2 is 1.51 bits per heavy atom. The van der Waals surface area contributed by atoms with Crippen LogP contribution in [0.3, 0.4) is 0 Å². The molecule has 0 saturated heterocycles. The van der Waals surface area contributed by atoms with Crippen molar-refractivity contribution in [3.8, 4) is 0 Å². The number of alkyl carbamates (subject to hydrolysis) is 1. The van der Waals surface area contributed by atoms with E-state index < -0.39 is 59.8 Å².